The van der Waals surface area contributed by atoms with Crippen LogP contribution in [0.4, 0.5) is 5.69 Å². The van der Waals surface area contributed by atoms with Crippen LogP contribution in [0.25, 0.3) is 0 Å². The number of benzene rings is 1. The molecule has 2 amide bonds. The highest BCUT2D eigenvalue weighted by Gasteiger charge is 2.37. The van der Waals surface area contributed by atoms with Crippen LogP contribution in [-0.4, -0.2) is 31.4 Å². The minimum Gasteiger partial charge on any atom is -0.354 e. The fourth-order valence-electron chi connectivity index (χ4n) is 2.60. The molecular weight excluding hydrogens is 290 g/mol. The summed E-state index contributed by atoms with van der Waals surface area (Å²) in [4.78, 5) is 26.0. The number of aryl methyl sites for hydroxylation is 2. The predicted molar refractivity (Wildman–Crippen MR) is 85.7 cm³/mol. The molecule has 1 heterocycles. The zero-order chi connectivity index (χ0) is 14.7. The van der Waals surface area contributed by atoms with E-state index in [2.05, 4.69) is 11.4 Å². The largest absolute Gasteiger partial charge is 0.354 e. The van der Waals surface area contributed by atoms with E-state index in [0.29, 0.717) is 26.1 Å². The molecule has 0 aromatic heterocycles. The van der Waals surface area contributed by atoms with Crippen LogP contribution in [0.3, 0.4) is 0 Å². The average molecular weight is 312 g/mol. The van der Waals surface area contributed by atoms with E-state index in [4.69, 9.17) is 5.73 Å². The topological polar surface area (TPSA) is 75.4 Å². The molecular formula is C15H22ClN3O2. The van der Waals surface area contributed by atoms with Crippen LogP contribution in [0.5, 0.6) is 0 Å². The van der Waals surface area contributed by atoms with E-state index in [1.54, 1.807) is 4.90 Å². The first-order valence-corrected chi connectivity index (χ1v) is 6.90. The summed E-state index contributed by atoms with van der Waals surface area (Å²) < 4.78 is 0. The van der Waals surface area contributed by atoms with Crippen molar-refractivity contribution in [2.75, 3.05) is 24.5 Å². The summed E-state index contributed by atoms with van der Waals surface area (Å²) in [6.07, 6.45) is 0.558. The second kappa shape index (κ2) is 7.43. The minimum atomic E-state index is -0.581. The summed E-state index contributed by atoms with van der Waals surface area (Å²) in [6, 6.07) is 6.02. The lowest BCUT2D eigenvalue weighted by Gasteiger charge is -2.18. The molecule has 2 rings (SSSR count). The lowest BCUT2D eigenvalue weighted by atomic mass is 10.1. The number of nitrogens with two attached hydrogens (primary N) is 1. The van der Waals surface area contributed by atoms with Crippen LogP contribution in [0.1, 0.15) is 17.5 Å². The third kappa shape index (κ3) is 3.95. The molecule has 1 aromatic rings. The average Bonchev–Trinajstić information content (AvgIpc) is 2.76. The Kier molecular flexibility index (Phi) is 6.18. The summed E-state index contributed by atoms with van der Waals surface area (Å²) >= 11 is 0. The summed E-state index contributed by atoms with van der Waals surface area (Å²) in [5, 5.41) is 2.69. The molecule has 1 aliphatic rings. The smallest absolute Gasteiger partial charge is 0.239 e. The summed E-state index contributed by atoms with van der Waals surface area (Å²) in [6.45, 7) is 5.38. The van der Waals surface area contributed by atoms with Crippen LogP contribution in [-0.2, 0) is 9.59 Å². The van der Waals surface area contributed by atoms with Crippen LogP contribution >= 0.6 is 12.4 Å². The molecule has 1 fully saturated rings. The first-order chi connectivity index (χ1) is 9.52. The maximum atomic E-state index is 12.4. The Morgan fingerprint density at radius 3 is 2.52 bits per heavy atom. The molecule has 1 aliphatic heterocycles. The Labute approximate surface area is 131 Å². The van der Waals surface area contributed by atoms with E-state index in [1.165, 1.54) is 0 Å². The van der Waals surface area contributed by atoms with Crippen molar-refractivity contribution < 1.29 is 9.59 Å². The van der Waals surface area contributed by atoms with Gasteiger partial charge in [-0.05, 0) is 43.5 Å². The molecule has 6 heteroatoms. The molecule has 1 atom stereocenters. The van der Waals surface area contributed by atoms with Gasteiger partial charge in [-0.1, -0.05) is 6.07 Å². The molecule has 0 bridgehead atoms. The Hall–Kier alpha value is -1.59. The van der Waals surface area contributed by atoms with Crippen molar-refractivity contribution in [3.05, 3.63) is 29.3 Å². The molecule has 0 aliphatic carbocycles. The van der Waals surface area contributed by atoms with E-state index in [0.717, 1.165) is 16.8 Å². The normalized spacial score (nSPS) is 17.6. The van der Waals surface area contributed by atoms with Gasteiger partial charge in [-0.15, -0.1) is 12.4 Å². The number of halogens is 1. The van der Waals surface area contributed by atoms with Crippen molar-refractivity contribution >= 4 is 29.9 Å². The summed E-state index contributed by atoms with van der Waals surface area (Å²) in [7, 11) is 0. The molecule has 21 heavy (non-hydrogen) atoms. The number of anilines is 1. The lowest BCUT2D eigenvalue weighted by Crippen LogP contribution is -2.38. The first kappa shape index (κ1) is 17.5. The van der Waals surface area contributed by atoms with Crippen molar-refractivity contribution in [3.63, 3.8) is 0 Å². The van der Waals surface area contributed by atoms with Gasteiger partial charge in [0, 0.05) is 25.3 Å². The Morgan fingerprint density at radius 2 is 1.95 bits per heavy atom. The highest BCUT2D eigenvalue weighted by molar-refractivity contribution is 6.09. The lowest BCUT2D eigenvalue weighted by molar-refractivity contribution is -0.132. The van der Waals surface area contributed by atoms with Gasteiger partial charge in [0.2, 0.25) is 11.8 Å². The predicted octanol–water partition coefficient (Wildman–Crippen LogP) is 1.15. The maximum absolute atomic E-state index is 12.4. The number of nitrogens with one attached hydrogen (secondary N) is 1. The van der Waals surface area contributed by atoms with E-state index in [-0.39, 0.29) is 24.2 Å². The highest BCUT2D eigenvalue weighted by atomic mass is 35.5. The highest BCUT2D eigenvalue weighted by Crippen LogP contribution is 2.27. The second-order valence-electron chi connectivity index (χ2n) is 5.26. The van der Waals surface area contributed by atoms with Gasteiger partial charge in [0.05, 0.1) is 0 Å². The van der Waals surface area contributed by atoms with Gasteiger partial charge in [-0.2, -0.15) is 0 Å². The monoisotopic (exact) mass is 311 g/mol. The van der Waals surface area contributed by atoms with Crippen LogP contribution in [0.15, 0.2) is 18.2 Å². The number of hydrogen-bond acceptors (Lipinski definition) is 3. The minimum absolute atomic E-state index is 0. The van der Waals surface area contributed by atoms with Crippen molar-refractivity contribution in [2.45, 2.75) is 20.3 Å². The van der Waals surface area contributed by atoms with Crippen molar-refractivity contribution in [2.24, 2.45) is 11.7 Å². The van der Waals surface area contributed by atoms with E-state index < -0.39 is 5.92 Å². The number of nitrogens with zero attached hydrogens (tertiary/aromatic N) is 1. The Morgan fingerprint density at radius 1 is 1.33 bits per heavy atom. The van der Waals surface area contributed by atoms with Gasteiger partial charge in [0.1, 0.15) is 5.92 Å². The molecule has 1 unspecified atom stereocenters. The molecule has 3 N–H and O–H groups in total. The van der Waals surface area contributed by atoms with Crippen molar-refractivity contribution in [1.29, 1.82) is 0 Å². The maximum Gasteiger partial charge on any atom is 0.239 e. The third-order valence-corrected chi connectivity index (χ3v) is 3.48. The molecule has 1 saturated heterocycles. The number of hydrogen-bond donors (Lipinski definition) is 2. The van der Waals surface area contributed by atoms with Gasteiger partial charge in [0.25, 0.3) is 0 Å². The van der Waals surface area contributed by atoms with Gasteiger partial charge in [-0.3, -0.25) is 9.59 Å². The van der Waals surface area contributed by atoms with Gasteiger partial charge in [-0.25, -0.2) is 0 Å². The Balaban J connectivity index is 0.00000220. The fourth-order valence-corrected chi connectivity index (χ4v) is 2.60. The quantitative estimate of drug-likeness (QED) is 0.819. The fraction of sp³-hybridized carbons (Fsp3) is 0.467. The molecule has 5 nitrogen and oxygen atoms in total. The van der Waals surface area contributed by atoms with Gasteiger partial charge in [0.15, 0.2) is 0 Å². The first-order valence-electron chi connectivity index (χ1n) is 6.90. The summed E-state index contributed by atoms with van der Waals surface area (Å²) in [5.74, 6) is -0.917. The number of rotatable bonds is 4. The molecule has 0 spiro atoms. The molecule has 116 valence electrons. The zero-order valence-electron chi connectivity index (χ0n) is 12.4. The van der Waals surface area contributed by atoms with Gasteiger partial charge >= 0.3 is 0 Å². The van der Waals surface area contributed by atoms with E-state index in [1.807, 2.05) is 26.0 Å². The van der Waals surface area contributed by atoms with Crippen molar-refractivity contribution in [3.8, 4) is 0 Å². The number of carbonyl (C=O) groups excluding carboxylic acids is 2. The van der Waals surface area contributed by atoms with Crippen LogP contribution in [0.2, 0.25) is 0 Å². The number of amides is 2. The van der Waals surface area contributed by atoms with Gasteiger partial charge < -0.3 is 16.0 Å². The van der Waals surface area contributed by atoms with E-state index >= 15 is 0 Å². The Bertz CT molecular complexity index is 513. The zero-order valence-corrected chi connectivity index (χ0v) is 13.2. The molecule has 0 radical (unpaired) electrons. The third-order valence-electron chi connectivity index (χ3n) is 3.48. The van der Waals surface area contributed by atoms with Crippen LogP contribution in [0, 0.1) is 19.8 Å². The second-order valence-corrected chi connectivity index (χ2v) is 5.26. The van der Waals surface area contributed by atoms with Crippen molar-refractivity contribution in [1.82, 2.24) is 5.32 Å². The number of carbonyl (C=O) groups is 2. The molecule has 0 saturated carbocycles. The molecule has 1 aromatic carbocycles. The summed E-state index contributed by atoms with van der Waals surface area (Å²) in [5.41, 5.74) is 8.46. The van der Waals surface area contributed by atoms with E-state index in [9.17, 15) is 9.59 Å². The standard InChI is InChI=1S/C15H21N3O2.ClH/c1-10-7-11(2)9-12(8-10)18-6-3-13(15(18)20)14(19)17-5-4-16;/h7-9,13H,3-6,16H2,1-2H3,(H,17,19);1H. The van der Waals surface area contributed by atoms with Crippen LogP contribution < -0.4 is 16.0 Å². The SMILES string of the molecule is Cc1cc(C)cc(N2CCC(C(=O)NCCN)C2=O)c1.Cl.